The van der Waals surface area contributed by atoms with Gasteiger partial charge in [-0.25, -0.2) is 0 Å². The van der Waals surface area contributed by atoms with Crippen molar-refractivity contribution in [1.82, 2.24) is 0 Å². The van der Waals surface area contributed by atoms with E-state index in [1.807, 2.05) is 13.8 Å². The van der Waals surface area contributed by atoms with Crippen LogP contribution < -0.4 is 15.8 Å². The van der Waals surface area contributed by atoms with Crippen LogP contribution in [0.15, 0.2) is 18.2 Å². The number of ketones is 1. The molecule has 0 saturated heterocycles. The minimum absolute atomic E-state index is 0.0121. The molecule has 0 saturated carbocycles. The Kier molecular flexibility index (Phi) is 3.57. The first kappa shape index (κ1) is 13.5. The fraction of sp³-hybridized carbons (Fsp3) is 0.429. The molecule has 0 radical (unpaired) electrons. The molecule has 0 atom stereocenters. The summed E-state index contributed by atoms with van der Waals surface area (Å²) in [7, 11) is 0. The van der Waals surface area contributed by atoms with Crippen LogP contribution >= 0.6 is 0 Å². The van der Waals surface area contributed by atoms with Gasteiger partial charge in [0.1, 0.15) is 5.75 Å². The summed E-state index contributed by atoms with van der Waals surface area (Å²) in [5, 5.41) is 2.69. The number of hydrogen-bond acceptors (Lipinski definition) is 4. The van der Waals surface area contributed by atoms with Crippen molar-refractivity contribution in [1.29, 1.82) is 0 Å². The average Bonchev–Trinajstić information content (AvgIpc) is 2.37. The highest BCUT2D eigenvalue weighted by atomic mass is 16.5. The summed E-state index contributed by atoms with van der Waals surface area (Å²) in [4.78, 5) is 23.4. The van der Waals surface area contributed by atoms with Gasteiger partial charge in [0.15, 0.2) is 12.4 Å². The molecule has 0 unspecified atom stereocenters. The quantitative estimate of drug-likeness (QED) is 0.807. The van der Waals surface area contributed by atoms with Crippen LogP contribution in [0.2, 0.25) is 0 Å². The van der Waals surface area contributed by atoms with E-state index >= 15 is 0 Å². The van der Waals surface area contributed by atoms with E-state index in [9.17, 15) is 9.59 Å². The molecule has 102 valence electrons. The predicted molar refractivity (Wildman–Crippen MR) is 72.3 cm³/mol. The third-order valence-corrected chi connectivity index (χ3v) is 3.13. The second-order valence-electron chi connectivity index (χ2n) is 5.52. The SMILES string of the molecule is CC(C)(CN)CC(=O)c1ccc2c(c1)NC(=O)CO2. The standard InChI is InChI=1S/C14H18N2O3/c1-14(2,8-15)6-11(17)9-3-4-12-10(5-9)16-13(18)7-19-12/h3-5H,6-8,15H2,1-2H3,(H,16,18). The van der Waals surface area contributed by atoms with Crippen molar-refractivity contribution in [2.75, 3.05) is 18.5 Å². The fourth-order valence-electron chi connectivity index (χ4n) is 1.87. The van der Waals surface area contributed by atoms with Crippen molar-refractivity contribution in [3.63, 3.8) is 0 Å². The Bertz CT molecular complexity index is 523. The Hall–Kier alpha value is -1.88. The van der Waals surface area contributed by atoms with Crippen LogP contribution in [0.1, 0.15) is 30.6 Å². The highest BCUT2D eigenvalue weighted by molar-refractivity contribution is 6.00. The predicted octanol–water partition coefficient (Wildman–Crippen LogP) is 1.58. The van der Waals surface area contributed by atoms with E-state index in [2.05, 4.69) is 5.32 Å². The number of amides is 1. The third-order valence-electron chi connectivity index (χ3n) is 3.13. The molecular weight excluding hydrogens is 244 g/mol. The molecule has 0 aromatic heterocycles. The molecule has 0 bridgehead atoms. The van der Waals surface area contributed by atoms with Gasteiger partial charge in [0.25, 0.3) is 5.91 Å². The van der Waals surface area contributed by atoms with Gasteiger partial charge in [-0.05, 0) is 30.2 Å². The second kappa shape index (κ2) is 5.01. The summed E-state index contributed by atoms with van der Waals surface area (Å²) < 4.78 is 5.25. The van der Waals surface area contributed by atoms with E-state index < -0.39 is 0 Å². The van der Waals surface area contributed by atoms with Gasteiger partial charge in [-0.3, -0.25) is 9.59 Å². The average molecular weight is 262 g/mol. The number of rotatable bonds is 4. The van der Waals surface area contributed by atoms with E-state index in [0.717, 1.165) is 0 Å². The molecule has 19 heavy (non-hydrogen) atoms. The smallest absolute Gasteiger partial charge is 0.262 e. The Balaban J connectivity index is 2.20. The maximum Gasteiger partial charge on any atom is 0.262 e. The topological polar surface area (TPSA) is 81.4 Å². The van der Waals surface area contributed by atoms with E-state index in [-0.39, 0.29) is 23.7 Å². The first-order valence-electron chi connectivity index (χ1n) is 6.21. The van der Waals surface area contributed by atoms with Crippen LogP contribution in [-0.4, -0.2) is 24.8 Å². The van der Waals surface area contributed by atoms with Crippen molar-refractivity contribution >= 4 is 17.4 Å². The van der Waals surface area contributed by atoms with Crippen LogP contribution in [0, 0.1) is 5.41 Å². The molecule has 1 aliphatic heterocycles. The fourth-order valence-corrected chi connectivity index (χ4v) is 1.87. The molecule has 0 spiro atoms. The number of carbonyl (C=O) groups is 2. The van der Waals surface area contributed by atoms with Gasteiger partial charge in [0.05, 0.1) is 5.69 Å². The number of Topliss-reactive ketones (excluding diaryl/α,β-unsaturated/α-hetero) is 1. The van der Waals surface area contributed by atoms with Crippen molar-refractivity contribution in [3.05, 3.63) is 23.8 Å². The molecule has 5 nitrogen and oxygen atoms in total. The summed E-state index contributed by atoms with van der Waals surface area (Å²) in [6.45, 7) is 4.37. The van der Waals surface area contributed by atoms with Crippen LogP contribution in [0.25, 0.3) is 0 Å². The number of fused-ring (bicyclic) bond motifs is 1. The van der Waals surface area contributed by atoms with Gasteiger partial charge in [-0.15, -0.1) is 0 Å². The van der Waals surface area contributed by atoms with E-state index in [0.29, 0.717) is 30.0 Å². The summed E-state index contributed by atoms with van der Waals surface area (Å²) in [5.41, 5.74) is 6.51. The Morgan fingerprint density at radius 2 is 2.21 bits per heavy atom. The Morgan fingerprint density at radius 1 is 1.47 bits per heavy atom. The normalized spacial score (nSPS) is 14.4. The summed E-state index contributed by atoms with van der Waals surface area (Å²) in [6.07, 6.45) is 0.372. The molecule has 1 aliphatic rings. The Morgan fingerprint density at radius 3 is 2.89 bits per heavy atom. The zero-order chi connectivity index (χ0) is 14.0. The van der Waals surface area contributed by atoms with Crippen molar-refractivity contribution < 1.29 is 14.3 Å². The second-order valence-corrected chi connectivity index (χ2v) is 5.52. The molecule has 0 aliphatic carbocycles. The van der Waals surface area contributed by atoms with Crippen LogP contribution in [0.3, 0.4) is 0 Å². The highest BCUT2D eigenvalue weighted by Crippen LogP contribution is 2.30. The van der Waals surface area contributed by atoms with E-state index in [1.165, 1.54) is 0 Å². The third kappa shape index (κ3) is 3.12. The molecule has 2 rings (SSSR count). The van der Waals surface area contributed by atoms with Gasteiger partial charge in [-0.2, -0.15) is 0 Å². The number of nitrogens with one attached hydrogen (secondary N) is 1. The van der Waals surface area contributed by atoms with E-state index in [4.69, 9.17) is 10.5 Å². The van der Waals surface area contributed by atoms with Gasteiger partial charge in [0.2, 0.25) is 0 Å². The lowest BCUT2D eigenvalue weighted by atomic mass is 9.85. The number of benzene rings is 1. The zero-order valence-corrected chi connectivity index (χ0v) is 11.2. The number of anilines is 1. The zero-order valence-electron chi connectivity index (χ0n) is 11.2. The number of ether oxygens (including phenoxy) is 1. The van der Waals surface area contributed by atoms with E-state index in [1.54, 1.807) is 18.2 Å². The van der Waals surface area contributed by atoms with Crippen molar-refractivity contribution in [3.8, 4) is 5.75 Å². The molecule has 0 fully saturated rings. The van der Waals surface area contributed by atoms with Crippen LogP contribution in [0.4, 0.5) is 5.69 Å². The van der Waals surface area contributed by atoms with Crippen LogP contribution in [0.5, 0.6) is 5.75 Å². The Labute approximate surface area is 112 Å². The van der Waals surface area contributed by atoms with Crippen LogP contribution in [-0.2, 0) is 4.79 Å². The molecular formula is C14H18N2O3. The molecule has 1 aromatic carbocycles. The molecule has 1 heterocycles. The summed E-state index contributed by atoms with van der Waals surface area (Å²) in [5.74, 6) is 0.395. The largest absolute Gasteiger partial charge is 0.482 e. The first-order valence-corrected chi connectivity index (χ1v) is 6.21. The maximum atomic E-state index is 12.2. The number of hydrogen-bond donors (Lipinski definition) is 2. The van der Waals surface area contributed by atoms with Gasteiger partial charge < -0.3 is 15.8 Å². The lowest BCUT2D eigenvalue weighted by Gasteiger charge is -2.22. The summed E-state index contributed by atoms with van der Waals surface area (Å²) >= 11 is 0. The van der Waals surface area contributed by atoms with Crippen molar-refractivity contribution in [2.45, 2.75) is 20.3 Å². The molecule has 5 heteroatoms. The van der Waals surface area contributed by atoms with Gasteiger partial charge in [-0.1, -0.05) is 13.8 Å². The lowest BCUT2D eigenvalue weighted by molar-refractivity contribution is -0.118. The molecule has 3 N–H and O–H groups in total. The monoisotopic (exact) mass is 262 g/mol. The highest BCUT2D eigenvalue weighted by Gasteiger charge is 2.23. The lowest BCUT2D eigenvalue weighted by Crippen LogP contribution is -2.27. The number of carbonyl (C=O) groups excluding carboxylic acids is 2. The van der Waals surface area contributed by atoms with Gasteiger partial charge in [0, 0.05) is 12.0 Å². The van der Waals surface area contributed by atoms with Gasteiger partial charge >= 0.3 is 0 Å². The number of nitrogens with two attached hydrogens (primary N) is 1. The van der Waals surface area contributed by atoms with Crippen molar-refractivity contribution in [2.24, 2.45) is 11.1 Å². The minimum atomic E-state index is -0.229. The summed E-state index contributed by atoms with van der Waals surface area (Å²) in [6, 6.07) is 5.07. The first-order chi connectivity index (χ1) is 8.91. The molecule has 1 aromatic rings. The maximum absolute atomic E-state index is 12.2. The minimum Gasteiger partial charge on any atom is -0.482 e. The molecule has 1 amide bonds.